The zero-order chi connectivity index (χ0) is 14.5. The minimum absolute atomic E-state index is 0.143. The number of carboxylic acids is 1. The number of pyridine rings is 1. The SMILES string of the molecule is CC(C(=O)O)n1cccc(OCc2ccccc2)c1=O. The molecule has 1 aromatic carbocycles. The minimum Gasteiger partial charge on any atom is -0.483 e. The van der Waals surface area contributed by atoms with Crippen LogP contribution in [0.5, 0.6) is 5.75 Å². The second-order valence-corrected chi connectivity index (χ2v) is 4.37. The fourth-order valence-corrected chi connectivity index (χ4v) is 1.76. The number of rotatable bonds is 5. The molecule has 0 saturated heterocycles. The Hall–Kier alpha value is -2.56. The Kier molecular flexibility index (Phi) is 4.20. The average Bonchev–Trinajstić information content (AvgIpc) is 2.46. The van der Waals surface area contributed by atoms with Crippen LogP contribution < -0.4 is 10.3 Å². The van der Waals surface area contributed by atoms with Crippen molar-refractivity contribution in [2.24, 2.45) is 0 Å². The lowest BCUT2D eigenvalue weighted by Gasteiger charge is -2.12. The molecule has 5 nitrogen and oxygen atoms in total. The fraction of sp³-hybridized carbons (Fsp3) is 0.200. The molecular formula is C15H15NO4. The highest BCUT2D eigenvalue weighted by atomic mass is 16.5. The maximum absolute atomic E-state index is 12.1. The molecule has 0 bridgehead atoms. The van der Waals surface area contributed by atoms with Crippen LogP contribution in [0.3, 0.4) is 0 Å². The first-order chi connectivity index (χ1) is 9.59. The van der Waals surface area contributed by atoms with E-state index in [1.54, 1.807) is 6.07 Å². The predicted molar refractivity (Wildman–Crippen MR) is 73.8 cm³/mol. The van der Waals surface area contributed by atoms with E-state index in [1.807, 2.05) is 30.3 Å². The Morgan fingerprint density at radius 1 is 1.25 bits per heavy atom. The fourth-order valence-electron chi connectivity index (χ4n) is 1.76. The number of benzene rings is 1. The number of ether oxygens (including phenoxy) is 1. The molecule has 1 N–H and O–H groups in total. The molecule has 5 heteroatoms. The van der Waals surface area contributed by atoms with Crippen LogP contribution in [0.4, 0.5) is 0 Å². The summed E-state index contributed by atoms with van der Waals surface area (Å²) in [5.74, 6) is -0.920. The first-order valence-electron chi connectivity index (χ1n) is 6.20. The highest BCUT2D eigenvalue weighted by molar-refractivity contribution is 5.71. The molecule has 0 aliphatic rings. The van der Waals surface area contributed by atoms with Gasteiger partial charge in [0.25, 0.3) is 5.56 Å². The Morgan fingerprint density at radius 3 is 2.60 bits per heavy atom. The third kappa shape index (κ3) is 3.06. The smallest absolute Gasteiger partial charge is 0.326 e. The number of hydrogen-bond donors (Lipinski definition) is 1. The summed E-state index contributed by atoms with van der Waals surface area (Å²) in [5.41, 5.74) is 0.493. The van der Waals surface area contributed by atoms with Crippen LogP contribution in [0.25, 0.3) is 0 Å². The average molecular weight is 273 g/mol. The molecule has 0 aliphatic carbocycles. The molecule has 1 heterocycles. The van der Waals surface area contributed by atoms with E-state index in [1.165, 1.54) is 19.2 Å². The molecule has 0 spiro atoms. The summed E-state index contributed by atoms with van der Waals surface area (Å²) in [5, 5.41) is 8.96. The molecule has 1 unspecified atom stereocenters. The van der Waals surface area contributed by atoms with Gasteiger partial charge in [0, 0.05) is 6.20 Å². The van der Waals surface area contributed by atoms with Crippen LogP contribution >= 0.6 is 0 Å². The monoisotopic (exact) mass is 273 g/mol. The number of carbonyl (C=O) groups is 1. The lowest BCUT2D eigenvalue weighted by atomic mass is 10.2. The van der Waals surface area contributed by atoms with Crippen molar-refractivity contribution in [2.75, 3.05) is 0 Å². The zero-order valence-electron chi connectivity index (χ0n) is 11.0. The van der Waals surface area contributed by atoms with Crippen molar-refractivity contribution in [1.29, 1.82) is 0 Å². The predicted octanol–water partition coefficient (Wildman–Crippen LogP) is 2.07. The molecule has 20 heavy (non-hydrogen) atoms. The lowest BCUT2D eigenvalue weighted by Crippen LogP contribution is -2.28. The maximum Gasteiger partial charge on any atom is 0.326 e. The van der Waals surface area contributed by atoms with Gasteiger partial charge in [-0.05, 0) is 24.6 Å². The Balaban J connectivity index is 2.19. The highest BCUT2D eigenvalue weighted by Crippen LogP contribution is 2.10. The van der Waals surface area contributed by atoms with Crippen molar-refractivity contribution in [1.82, 2.24) is 4.57 Å². The largest absolute Gasteiger partial charge is 0.483 e. The topological polar surface area (TPSA) is 68.5 Å². The van der Waals surface area contributed by atoms with Gasteiger partial charge in [0.05, 0.1) is 0 Å². The summed E-state index contributed by atoms with van der Waals surface area (Å²) in [6.07, 6.45) is 1.44. The summed E-state index contributed by atoms with van der Waals surface area (Å²) in [6.45, 7) is 1.71. The van der Waals surface area contributed by atoms with Gasteiger partial charge in [-0.2, -0.15) is 0 Å². The van der Waals surface area contributed by atoms with Gasteiger partial charge in [0.1, 0.15) is 12.6 Å². The zero-order valence-corrected chi connectivity index (χ0v) is 11.0. The van der Waals surface area contributed by atoms with E-state index in [9.17, 15) is 9.59 Å². The molecule has 2 rings (SSSR count). The van der Waals surface area contributed by atoms with E-state index in [4.69, 9.17) is 9.84 Å². The summed E-state index contributed by atoms with van der Waals surface area (Å²) < 4.78 is 6.61. The molecule has 0 fully saturated rings. The molecule has 1 atom stereocenters. The van der Waals surface area contributed by atoms with E-state index in [2.05, 4.69) is 0 Å². The second-order valence-electron chi connectivity index (χ2n) is 4.37. The molecule has 1 aromatic heterocycles. The molecule has 0 aliphatic heterocycles. The highest BCUT2D eigenvalue weighted by Gasteiger charge is 2.16. The Labute approximate surface area is 116 Å². The Bertz CT molecular complexity index is 648. The van der Waals surface area contributed by atoms with Gasteiger partial charge in [0.2, 0.25) is 0 Å². The second kappa shape index (κ2) is 6.06. The molecule has 0 saturated carbocycles. The van der Waals surface area contributed by atoms with E-state index >= 15 is 0 Å². The van der Waals surface area contributed by atoms with Crippen molar-refractivity contribution >= 4 is 5.97 Å². The van der Waals surface area contributed by atoms with Gasteiger partial charge in [-0.3, -0.25) is 9.36 Å². The van der Waals surface area contributed by atoms with Gasteiger partial charge in [-0.15, -0.1) is 0 Å². The van der Waals surface area contributed by atoms with Crippen LogP contribution in [-0.4, -0.2) is 15.6 Å². The van der Waals surface area contributed by atoms with Gasteiger partial charge in [-0.1, -0.05) is 30.3 Å². The molecule has 2 aromatic rings. The van der Waals surface area contributed by atoms with Crippen molar-refractivity contribution in [3.8, 4) is 5.75 Å². The van der Waals surface area contributed by atoms with Crippen molar-refractivity contribution in [3.05, 3.63) is 64.6 Å². The van der Waals surface area contributed by atoms with Gasteiger partial charge in [0.15, 0.2) is 5.75 Å². The number of aromatic nitrogens is 1. The molecule has 0 amide bonds. The summed E-state index contributed by atoms with van der Waals surface area (Å²) >= 11 is 0. The molecular weight excluding hydrogens is 258 g/mol. The van der Waals surface area contributed by atoms with Gasteiger partial charge in [-0.25, -0.2) is 4.79 Å². The van der Waals surface area contributed by atoms with Crippen molar-refractivity contribution in [2.45, 2.75) is 19.6 Å². The van der Waals surface area contributed by atoms with E-state index in [-0.39, 0.29) is 12.4 Å². The third-order valence-electron chi connectivity index (χ3n) is 2.95. The van der Waals surface area contributed by atoms with E-state index in [0.717, 1.165) is 10.1 Å². The molecule has 104 valence electrons. The van der Waals surface area contributed by atoms with Gasteiger partial charge < -0.3 is 9.84 Å². The number of nitrogens with zero attached hydrogens (tertiary/aromatic N) is 1. The van der Waals surface area contributed by atoms with E-state index < -0.39 is 17.6 Å². The van der Waals surface area contributed by atoms with Crippen LogP contribution in [0.1, 0.15) is 18.5 Å². The van der Waals surface area contributed by atoms with E-state index in [0.29, 0.717) is 0 Å². The first kappa shape index (κ1) is 13.9. The lowest BCUT2D eigenvalue weighted by molar-refractivity contribution is -0.140. The standard InChI is InChI=1S/C15H15NO4/c1-11(15(18)19)16-9-5-8-13(14(16)17)20-10-12-6-3-2-4-7-12/h2-9,11H,10H2,1H3,(H,18,19). The van der Waals surface area contributed by atoms with Crippen molar-refractivity contribution < 1.29 is 14.6 Å². The van der Waals surface area contributed by atoms with Crippen LogP contribution in [0.2, 0.25) is 0 Å². The summed E-state index contributed by atoms with van der Waals surface area (Å²) in [4.78, 5) is 23.1. The van der Waals surface area contributed by atoms with Crippen LogP contribution in [-0.2, 0) is 11.4 Å². The summed E-state index contributed by atoms with van der Waals surface area (Å²) in [7, 11) is 0. The van der Waals surface area contributed by atoms with Crippen molar-refractivity contribution in [3.63, 3.8) is 0 Å². The van der Waals surface area contributed by atoms with Gasteiger partial charge >= 0.3 is 5.97 Å². The summed E-state index contributed by atoms with van der Waals surface area (Å²) in [6, 6.07) is 11.7. The normalized spacial score (nSPS) is 11.8. The number of aliphatic carboxylic acids is 1. The van der Waals surface area contributed by atoms with Crippen LogP contribution in [0, 0.1) is 0 Å². The minimum atomic E-state index is -1.06. The molecule has 0 radical (unpaired) electrons. The number of carboxylic acid groups (broad SMARTS) is 1. The third-order valence-corrected chi connectivity index (χ3v) is 2.95. The number of hydrogen-bond acceptors (Lipinski definition) is 3. The maximum atomic E-state index is 12.1. The van der Waals surface area contributed by atoms with Crippen LogP contribution in [0.15, 0.2) is 53.5 Å². The Morgan fingerprint density at radius 2 is 1.95 bits per heavy atom. The quantitative estimate of drug-likeness (QED) is 0.905. The first-order valence-corrected chi connectivity index (χ1v) is 6.20.